The molecule has 1 amide bonds. The zero-order valence-corrected chi connectivity index (χ0v) is 12.7. The van der Waals surface area contributed by atoms with Crippen LogP contribution in [0.4, 0.5) is 0 Å². The Morgan fingerprint density at radius 1 is 1.43 bits per heavy atom. The highest BCUT2D eigenvalue weighted by Crippen LogP contribution is 2.25. The predicted octanol–water partition coefficient (Wildman–Crippen LogP) is 2.49. The molecule has 0 aliphatic heterocycles. The van der Waals surface area contributed by atoms with Gasteiger partial charge in [0.2, 0.25) is 0 Å². The number of amides is 1. The lowest BCUT2D eigenvalue weighted by atomic mass is 9.86. The molecule has 2 atom stereocenters. The van der Waals surface area contributed by atoms with Gasteiger partial charge >= 0.3 is 0 Å². The molecule has 1 aromatic carbocycles. The number of carbonyl (C=O) groups excluding carboxylic acids is 1. The first kappa shape index (κ1) is 15.5. The van der Waals surface area contributed by atoms with Crippen molar-refractivity contribution >= 4 is 5.91 Å². The molecule has 2 unspecified atom stereocenters. The van der Waals surface area contributed by atoms with Gasteiger partial charge in [-0.15, -0.1) is 0 Å². The molecule has 1 N–H and O–H groups in total. The van der Waals surface area contributed by atoms with E-state index in [2.05, 4.69) is 6.07 Å². The van der Waals surface area contributed by atoms with Gasteiger partial charge in [0.1, 0.15) is 0 Å². The van der Waals surface area contributed by atoms with Crippen molar-refractivity contribution in [3.8, 4) is 6.07 Å². The highest BCUT2D eigenvalue weighted by Gasteiger charge is 2.26. The van der Waals surface area contributed by atoms with Crippen LogP contribution in [-0.2, 0) is 0 Å². The quantitative estimate of drug-likeness (QED) is 0.928. The van der Waals surface area contributed by atoms with E-state index in [0.717, 1.165) is 31.2 Å². The number of aryl methyl sites for hydroxylation is 1. The van der Waals surface area contributed by atoms with Gasteiger partial charge in [-0.05, 0) is 43.5 Å². The van der Waals surface area contributed by atoms with E-state index in [-0.39, 0.29) is 17.9 Å². The van der Waals surface area contributed by atoms with Crippen LogP contribution < -0.4 is 0 Å². The maximum atomic E-state index is 12.5. The van der Waals surface area contributed by atoms with Gasteiger partial charge in [-0.25, -0.2) is 0 Å². The fourth-order valence-corrected chi connectivity index (χ4v) is 3.01. The summed E-state index contributed by atoms with van der Waals surface area (Å²) >= 11 is 0. The molecule has 1 aliphatic carbocycles. The van der Waals surface area contributed by atoms with Gasteiger partial charge in [0.05, 0.1) is 17.7 Å². The van der Waals surface area contributed by atoms with Crippen LogP contribution in [0, 0.1) is 24.2 Å². The van der Waals surface area contributed by atoms with Gasteiger partial charge in [0.25, 0.3) is 5.91 Å². The number of aliphatic hydroxyl groups is 1. The van der Waals surface area contributed by atoms with Crippen LogP contribution in [0.5, 0.6) is 0 Å². The third kappa shape index (κ3) is 3.62. The van der Waals surface area contributed by atoms with E-state index >= 15 is 0 Å². The molecule has 112 valence electrons. The Kier molecular flexibility index (Phi) is 4.98. The van der Waals surface area contributed by atoms with Crippen molar-refractivity contribution in [3.63, 3.8) is 0 Å². The molecule has 1 aromatic rings. The first-order valence-corrected chi connectivity index (χ1v) is 7.47. The maximum absolute atomic E-state index is 12.5. The second-order valence-electron chi connectivity index (χ2n) is 5.94. The second kappa shape index (κ2) is 6.73. The number of rotatable bonds is 3. The van der Waals surface area contributed by atoms with E-state index in [1.807, 2.05) is 6.92 Å². The minimum absolute atomic E-state index is 0.0465. The van der Waals surface area contributed by atoms with Gasteiger partial charge in [-0.2, -0.15) is 5.26 Å². The van der Waals surface area contributed by atoms with E-state index in [0.29, 0.717) is 17.7 Å². The van der Waals surface area contributed by atoms with Gasteiger partial charge in [-0.1, -0.05) is 12.8 Å². The van der Waals surface area contributed by atoms with E-state index < -0.39 is 0 Å². The molecule has 0 spiro atoms. The summed E-state index contributed by atoms with van der Waals surface area (Å²) in [4.78, 5) is 14.2. The molecule has 2 rings (SSSR count). The second-order valence-corrected chi connectivity index (χ2v) is 5.94. The van der Waals surface area contributed by atoms with Gasteiger partial charge in [0.15, 0.2) is 0 Å². The van der Waals surface area contributed by atoms with E-state index in [1.165, 1.54) is 0 Å². The minimum Gasteiger partial charge on any atom is -0.393 e. The Labute approximate surface area is 126 Å². The molecule has 0 radical (unpaired) electrons. The van der Waals surface area contributed by atoms with E-state index in [1.54, 1.807) is 30.1 Å². The molecule has 0 bridgehead atoms. The van der Waals surface area contributed by atoms with Crippen molar-refractivity contribution in [1.82, 2.24) is 4.90 Å². The largest absolute Gasteiger partial charge is 0.393 e. The number of benzene rings is 1. The summed E-state index contributed by atoms with van der Waals surface area (Å²) in [5.41, 5.74) is 2.01. The van der Waals surface area contributed by atoms with Crippen LogP contribution in [0.25, 0.3) is 0 Å². The van der Waals surface area contributed by atoms with Gasteiger partial charge in [0, 0.05) is 25.1 Å². The lowest BCUT2D eigenvalue weighted by Crippen LogP contribution is -2.38. The van der Waals surface area contributed by atoms with Crippen molar-refractivity contribution < 1.29 is 9.90 Å². The van der Waals surface area contributed by atoms with Gasteiger partial charge in [-0.3, -0.25) is 4.79 Å². The number of nitrogens with zero attached hydrogens (tertiary/aromatic N) is 2. The van der Waals surface area contributed by atoms with Crippen LogP contribution in [0.15, 0.2) is 18.2 Å². The molecule has 1 aliphatic rings. The summed E-state index contributed by atoms with van der Waals surface area (Å²) in [7, 11) is 1.78. The molecule has 4 nitrogen and oxygen atoms in total. The third-order valence-corrected chi connectivity index (χ3v) is 4.31. The number of carbonyl (C=O) groups is 1. The van der Waals surface area contributed by atoms with Gasteiger partial charge < -0.3 is 10.0 Å². The van der Waals surface area contributed by atoms with E-state index in [4.69, 9.17) is 5.26 Å². The first-order valence-electron chi connectivity index (χ1n) is 7.47. The highest BCUT2D eigenvalue weighted by atomic mass is 16.3. The molecule has 0 saturated heterocycles. The lowest BCUT2D eigenvalue weighted by molar-refractivity contribution is 0.0451. The number of nitriles is 1. The first-order chi connectivity index (χ1) is 10.0. The number of hydrogen-bond acceptors (Lipinski definition) is 3. The SMILES string of the molecule is Cc1cc(C#N)ccc1C(=O)N(C)CC1CCCCC1O. The predicted molar refractivity (Wildman–Crippen MR) is 80.8 cm³/mol. The summed E-state index contributed by atoms with van der Waals surface area (Å²) < 4.78 is 0. The van der Waals surface area contributed by atoms with Crippen molar-refractivity contribution in [1.29, 1.82) is 5.26 Å². The average Bonchev–Trinajstić information content (AvgIpc) is 2.48. The molecule has 21 heavy (non-hydrogen) atoms. The third-order valence-electron chi connectivity index (χ3n) is 4.31. The number of hydrogen-bond donors (Lipinski definition) is 1. The zero-order chi connectivity index (χ0) is 15.4. The normalized spacial score (nSPS) is 21.6. The molecule has 4 heteroatoms. The van der Waals surface area contributed by atoms with Crippen LogP contribution in [0.1, 0.15) is 47.2 Å². The van der Waals surface area contributed by atoms with Crippen LogP contribution in [0.2, 0.25) is 0 Å². The fraction of sp³-hybridized carbons (Fsp3) is 0.529. The summed E-state index contributed by atoms with van der Waals surface area (Å²) in [6, 6.07) is 7.19. The zero-order valence-electron chi connectivity index (χ0n) is 12.7. The van der Waals surface area contributed by atoms with Crippen LogP contribution in [0.3, 0.4) is 0 Å². The molecule has 1 fully saturated rings. The molecule has 0 heterocycles. The fourth-order valence-electron chi connectivity index (χ4n) is 3.01. The summed E-state index contributed by atoms with van der Waals surface area (Å²) in [5, 5.41) is 18.9. The summed E-state index contributed by atoms with van der Waals surface area (Å²) in [6.45, 7) is 2.43. The van der Waals surface area contributed by atoms with Crippen molar-refractivity contribution in [2.24, 2.45) is 5.92 Å². The van der Waals surface area contributed by atoms with Crippen LogP contribution in [-0.4, -0.2) is 35.6 Å². The molecular weight excluding hydrogens is 264 g/mol. The molecule has 1 saturated carbocycles. The smallest absolute Gasteiger partial charge is 0.253 e. The molecular formula is C17H22N2O2. The Morgan fingerprint density at radius 3 is 2.76 bits per heavy atom. The lowest BCUT2D eigenvalue weighted by Gasteiger charge is -2.31. The standard InChI is InChI=1S/C17H22N2O2/c1-12-9-13(10-18)7-8-15(12)17(21)19(2)11-14-5-3-4-6-16(14)20/h7-9,14,16,20H,3-6,11H2,1-2H3. The molecule has 0 aromatic heterocycles. The average molecular weight is 286 g/mol. The van der Waals surface area contributed by atoms with Crippen molar-refractivity contribution in [3.05, 3.63) is 34.9 Å². The minimum atomic E-state index is -0.295. The van der Waals surface area contributed by atoms with Crippen LogP contribution >= 0.6 is 0 Å². The topological polar surface area (TPSA) is 64.3 Å². The Balaban J connectivity index is 2.07. The summed E-state index contributed by atoms with van der Waals surface area (Å²) in [5.74, 6) is 0.126. The Morgan fingerprint density at radius 2 is 2.14 bits per heavy atom. The summed E-state index contributed by atoms with van der Waals surface area (Å²) in [6.07, 6.45) is 3.72. The highest BCUT2D eigenvalue weighted by molar-refractivity contribution is 5.95. The number of aliphatic hydroxyl groups excluding tert-OH is 1. The Hall–Kier alpha value is -1.86. The Bertz CT molecular complexity index is 562. The van der Waals surface area contributed by atoms with Crippen molar-refractivity contribution in [2.75, 3.05) is 13.6 Å². The van der Waals surface area contributed by atoms with Crippen molar-refractivity contribution in [2.45, 2.75) is 38.7 Å². The van der Waals surface area contributed by atoms with E-state index in [9.17, 15) is 9.90 Å². The monoisotopic (exact) mass is 286 g/mol. The maximum Gasteiger partial charge on any atom is 0.253 e.